The van der Waals surface area contributed by atoms with E-state index in [1.165, 1.54) is 6.07 Å². The molecule has 0 saturated heterocycles. The molecule has 6 heteroatoms. The van der Waals surface area contributed by atoms with Gasteiger partial charge in [-0.3, -0.25) is 10.2 Å². The molecule has 0 aliphatic heterocycles. The zero-order valence-electron chi connectivity index (χ0n) is 12.0. The van der Waals surface area contributed by atoms with Crippen molar-refractivity contribution in [1.29, 1.82) is 5.41 Å². The molecule has 4 N–H and O–H groups in total. The second-order valence-corrected chi connectivity index (χ2v) is 4.95. The number of carbonyl (C=O) groups excluding carboxylic acids is 1. The van der Waals surface area contributed by atoms with E-state index < -0.39 is 5.63 Å². The van der Waals surface area contributed by atoms with Crippen molar-refractivity contribution >= 4 is 28.4 Å². The van der Waals surface area contributed by atoms with Crippen LogP contribution < -0.4 is 16.7 Å². The fraction of sp³-hybridized carbons (Fsp3) is 0. The van der Waals surface area contributed by atoms with Crippen molar-refractivity contribution in [2.24, 2.45) is 5.73 Å². The number of amides is 1. The maximum absolute atomic E-state index is 12.2. The summed E-state index contributed by atoms with van der Waals surface area (Å²) in [6.45, 7) is 0. The Morgan fingerprint density at radius 2 is 1.70 bits per heavy atom. The van der Waals surface area contributed by atoms with Gasteiger partial charge in [0.05, 0.1) is 0 Å². The summed E-state index contributed by atoms with van der Waals surface area (Å²) in [7, 11) is 0. The molecule has 1 amide bonds. The second kappa shape index (κ2) is 5.76. The van der Waals surface area contributed by atoms with E-state index in [9.17, 15) is 9.59 Å². The lowest BCUT2D eigenvalue weighted by Gasteiger charge is -2.07. The van der Waals surface area contributed by atoms with Crippen LogP contribution in [0.25, 0.3) is 11.0 Å². The minimum atomic E-state index is -0.417. The highest BCUT2D eigenvalue weighted by atomic mass is 16.4. The third kappa shape index (κ3) is 3.11. The smallest absolute Gasteiger partial charge is 0.336 e. The molecule has 0 unspecified atom stereocenters. The van der Waals surface area contributed by atoms with Crippen molar-refractivity contribution in [3.05, 3.63) is 76.1 Å². The second-order valence-electron chi connectivity index (χ2n) is 4.95. The van der Waals surface area contributed by atoms with Crippen molar-refractivity contribution in [3.8, 4) is 0 Å². The van der Waals surface area contributed by atoms with E-state index in [0.29, 0.717) is 27.8 Å². The molecule has 1 heterocycles. The Bertz CT molecular complexity index is 959. The van der Waals surface area contributed by atoms with Gasteiger partial charge in [-0.15, -0.1) is 0 Å². The zero-order valence-corrected chi connectivity index (χ0v) is 12.0. The Balaban J connectivity index is 1.83. The Kier molecular flexibility index (Phi) is 3.64. The van der Waals surface area contributed by atoms with Crippen LogP contribution in [0.1, 0.15) is 15.9 Å². The Morgan fingerprint density at radius 3 is 2.39 bits per heavy atom. The summed E-state index contributed by atoms with van der Waals surface area (Å²) in [6, 6.07) is 14.4. The zero-order chi connectivity index (χ0) is 16.4. The summed E-state index contributed by atoms with van der Waals surface area (Å²) in [6.07, 6.45) is 0. The molecular formula is C17H13N3O3. The fourth-order valence-corrected chi connectivity index (χ4v) is 2.15. The molecule has 0 bridgehead atoms. The Morgan fingerprint density at radius 1 is 1.00 bits per heavy atom. The summed E-state index contributed by atoms with van der Waals surface area (Å²) in [4.78, 5) is 23.4. The van der Waals surface area contributed by atoms with E-state index in [0.717, 1.165) is 0 Å². The summed E-state index contributed by atoms with van der Waals surface area (Å²) in [5, 5.41) is 10.8. The monoisotopic (exact) mass is 307 g/mol. The van der Waals surface area contributed by atoms with Gasteiger partial charge in [-0.05, 0) is 36.4 Å². The number of anilines is 1. The largest absolute Gasteiger partial charge is 0.423 e. The normalized spacial score (nSPS) is 10.4. The number of fused-ring (bicyclic) bond motifs is 1. The van der Waals surface area contributed by atoms with E-state index in [1.807, 2.05) is 0 Å². The first-order chi connectivity index (χ1) is 11.0. The molecule has 0 aliphatic carbocycles. The maximum Gasteiger partial charge on any atom is 0.336 e. The molecule has 114 valence electrons. The van der Waals surface area contributed by atoms with Crippen LogP contribution >= 0.6 is 0 Å². The van der Waals surface area contributed by atoms with Crippen molar-refractivity contribution in [1.82, 2.24) is 0 Å². The predicted octanol–water partition coefficient (Wildman–Crippen LogP) is 2.33. The number of hydrogen-bond donors (Lipinski definition) is 3. The highest BCUT2D eigenvalue weighted by molar-refractivity contribution is 6.05. The van der Waals surface area contributed by atoms with Gasteiger partial charge in [-0.25, -0.2) is 4.79 Å². The van der Waals surface area contributed by atoms with Crippen molar-refractivity contribution < 1.29 is 9.21 Å². The molecule has 0 aliphatic rings. The average Bonchev–Trinajstić information content (AvgIpc) is 2.55. The number of nitrogens with one attached hydrogen (secondary N) is 2. The fourth-order valence-electron chi connectivity index (χ4n) is 2.15. The first-order valence-corrected chi connectivity index (χ1v) is 6.83. The molecule has 23 heavy (non-hydrogen) atoms. The van der Waals surface area contributed by atoms with E-state index in [1.54, 1.807) is 48.5 Å². The first-order valence-electron chi connectivity index (χ1n) is 6.83. The maximum atomic E-state index is 12.2. The van der Waals surface area contributed by atoms with Crippen LogP contribution in [0.2, 0.25) is 0 Å². The molecule has 0 fully saturated rings. The number of hydrogen-bond acceptors (Lipinski definition) is 4. The van der Waals surface area contributed by atoms with Crippen LogP contribution in [0.15, 0.2) is 63.8 Å². The number of nitrogen functional groups attached to an aromatic ring is 1. The SMILES string of the molecule is N=C(N)c1ccc(C(=O)Nc2ccc3oc(=O)ccc3c2)cc1. The van der Waals surface area contributed by atoms with Crippen molar-refractivity contribution in [2.75, 3.05) is 5.32 Å². The predicted molar refractivity (Wildman–Crippen MR) is 87.9 cm³/mol. The Labute approximate surface area is 131 Å². The van der Waals surface area contributed by atoms with Gasteiger partial charge in [0, 0.05) is 28.3 Å². The van der Waals surface area contributed by atoms with E-state index in [-0.39, 0.29) is 11.7 Å². The average molecular weight is 307 g/mol. The van der Waals surface area contributed by atoms with Gasteiger partial charge >= 0.3 is 5.63 Å². The molecule has 0 atom stereocenters. The number of nitrogens with two attached hydrogens (primary N) is 1. The molecule has 3 aromatic rings. The van der Waals surface area contributed by atoms with Crippen LogP contribution in [0.4, 0.5) is 5.69 Å². The molecule has 6 nitrogen and oxygen atoms in total. The quantitative estimate of drug-likeness (QED) is 0.392. The number of rotatable bonds is 3. The van der Waals surface area contributed by atoms with Gasteiger partial charge in [0.2, 0.25) is 0 Å². The van der Waals surface area contributed by atoms with Crippen LogP contribution in [-0.2, 0) is 0 Å². The van der Waals surface area contributed by atoms with E-state index in [4.69, 9.17) is 15.6 Å². The van der Waals surface area contributed by atoms with Crippen molar-refractivity contribution in [2.45, 2.75) is 0 Å². The first kappa shape index (κ1) is 14.5. The number of benzene rings is 2. The number of amidine groups is 1. The highest BCUT2D eigenvalue weighted by Crippen LogP contribution is 2.18. The topological polar surface area (TPSA) is 109 Å². The molecule has 1 aromatic heterocycles. The lowest BCUT2D eigenvalue weighted by molar-refractivity contribution is 0.102. The molecular weight excluding hydrogens is 294 g/mol. The molecule has 0 radical (unpaired) electrons. The lowest BCUT2D eigenvalue weighted by atomic mass is 10.1. The highest BCUT2D eigenvalue weighted by Gasteiger charge is 2.07. The van der Waals surface area contributed by atoms with Crippen LogP contribution in [0.3, 0.4) is 0 Å². The van der Waals surface area contributed by atoms with Gasteiger partial charge in [0.1, 0.15) is 11.4 Å². The van der Waals surface area contributed by atoms with Gasteiger partial charge < -0.3 is 15.5 Å². The lowest BCUT2D eigenvalue weighted by Crippen LogP contribution is -2.14. The minimum Gasteiger partial charge on any atom is -0.423 e. The van der Waals surface area contributed by atoms with E-state index >= 15 is 0 Å². The standard InChI is InChI=1S/C17H13N3O3/c18-16(19)10-1-3-11(4-2-10)17(22)20-13-6-7-14-12(9-13)5-8-15(21)23-14/h1-9H,(H3,18,19)(H,20,22). The minimum absolute atomic E-state index is 0.0482. The molecule has 2 aromatic carbocycles. The third-order valence-electron chi connectivity index (χ3n) is 3.34. The summed E-state index contributed by atoms with van der Waals surface area (Å²) >= 11 is 0. The van der Waals surface area contributed by atoms with Crippen LogP contribution in [-0.4, -0.2) is 11.7 Å². The molecule has 3 rings (SSSR count). The molecule has 0 saturated carbocycles. The summed E-state index contributed by atoms with van der Waals surface area (Å²) in [5.41, 5.74) is 7.02. The van der Waals surface area contributed by atoms with Crippen LogP contribution in [0, 0.1) is 5.41 Å². The third-order valence-corrected chi connectivity index (χ3v) is 3.34. The summed E-state index contributed by atoms with van der Waals surface area (Å²) in [5.74, 6) is -0.329. The van der Waals surface area contributed by atoms with Crippen molar-refractivity contribution in [3.63, 3.8) is 0 Å². The Hall–Kier alpha value is -3.41. The summed E-state index contributed by atoms with van der Waals surface area (Å²) < 4.78 is 5.04. The van der Waals surface area contributed by atoms with Gasteiger partial charge in [-0.1, -0.05) is 12.1 Å². The van der Waals surface area contributed by atoms with Gasteiger partial charge in [0.15, 0.2) is 0 Å². The molecule has 0 spiro atoms. The van der Waals surface area contributed by atoms with E-state index in [2.05, 4.69) is 5.32 Å². The van der Waals surface area contributed by atoms with Gasteiger partial charge in [0.25, 0.3) is 5.91 Å². The van der Waals surface area contributed by atoms with Crippen LogP contribution in [0.5, 0.6) is 0 Å². The van der Waals surface area contributed by atoms with Gasteiger partial charge in [-0.2, -0.15) is 0 Å². The number of carbonyl (C=O) groups is 1.